The van der Waals surface area contributed by atoms with Gasteiger partial charge in [0.15, 0.2) is 5.78 Å². The number of carbonyl (C=O) groups excluding carboxylic acids is 1. The Morgan fingerprint density at radius 3 is 2.71 bits per heavy atom. The first kappa shape index (κ1) is 18.4. The lowest BCUT2D eigenvalue weighted by Gasteiger charge is -2.36. The molecule has 1 aliphatic carbocycles. The fraction of sp³-hybridized carbons (Fsp3) is 0.348. The lowest BCUT2D eigenvalue weighted by atomic mass is 9.92. The van der Waals surface area contributed by atoms with Crippen LogP contribution in [0.5, 0.6) is 0 Å². The van der Waals surface area contributed by atoms with Crippen molar-refractivity contribution in [3.05, 3.63) is 64.5 Å². The highest BCUT2D eigenvalue weighted by molar-refractivity contribution is 6.03. The number of aromatic nitrogens is 1. The third-order valence-electron chi connectivity index (χ3n) is 5.60. The van der Waals surface area contributed by atoms with Crippen molar-refractivity contribution in [2.24, 2.45) is 0 Å². The van der Waals surface area contributed by atoms with Crippen LogP contribution in [-0.4, -0.2) is 41.8 Å². The first-order valence-corrected chi connectivity index (χ1v) is 9.86. The van der Waals surface area contributed by atoms with E-state index in [1.165, 1.54) is 0 Å². The minimum atomic E-state index is 0.221. The second-order valence-electron chi connectivity index (χ2n) is 7.40. The molecular weight excluding hydrogens is 348 g/mol. The molecule has 28 heavy (non-hydrogen) atoms. The molecule has 0 saturated carbocycles. The van der Waals surface area contributed by atoms with E-state index in [9.17, 15) is 10.1 Å². The third kappa shape index (κ3) is 3.69. The molecule has 1 aromatic carbocycles. The van der Waals surface area contributed by atoms with Crippen LogP contribution in [0.2, 0.25) is 0 Å². The van der Waals surface area contributed by atoms with Crippen LogP contribution in [0.4, 0.5) is 5.69 Å². The first-order valence-electron chi connectivity index (χ1n) is 9.86. The maximum absolute atomic E-state index is 12.2. The molecule has 1 saturated heterocycles. The number of ketones is 1. The molecule has 0 radical (unpaired) electrons. The Hall–Kier alpha value is -2.97. The molecule has 2 aromatic rings. The fourth-order valence-corrected chi connectivity index (χ4v) is 4.01. The number of rotatable bonds is 4. The predicted molar refractivity (Wildman–Crippen MR) is 110 cm³/mol. The van der Waals surface area contributed by atoms with E-state index in [4.69, 9.17) is 0 Å². The number of piperazine rings is 1. The highest BCUT2D eigenvalue weighted by Crippen LogP contribution is 2.24. The van der Waals surface area contributed by atoms with Crippen molar-refractivity contribution in [1.29, 1.82) is 5.26 Å². The monoisotopic (exact) mass is 372 g/mol. The van der Waals surface area contributed by atoms with E-state index in [2.05, 4.69) is 26.9 Å². The SMILES string of the molecule is CCC1=Cc2ncc(CN3CCN(c4ccccc4C#N)CC3)cc2CC1=O. The van der Waals surface area contributed by atoms with Crippen molar-refractivity contribution in [2.45, 2.75) is 26.3 Å². The van der Waals surface area contributed by atoms with Gasteiger partial charge in [-0.05, 0) is 41.3 Å². The van der Waals surface area contributed by atoms with Crippen molar-refractivity contribution in [1.82, 2.24) is 9.88 Å². The minimum Gasteiger partial charge on any atom is -0.368 e. The molecule has 0 unspecified atom stereocenters. The fourth-order valence-electron chi connectivity index (χ4n) is 4.01. The number of pyridine rings is 1. The topological polar surface area (TPSA) is 60.2 Å². The number of allylic oxidation sites excluding steroid dienone is 1. The van der Waals surface area contributed by atoms with Gasteiger partial charge in [-0.15, -0.1) is 0 Å². The van der Waals surface area contributed by atoms with Gasteiger partial charge < -0.3 is 4.90 Å². The Kier molecular flexibility index (Phi) is 5.23. The molecule has 4 rings (SSSR count). The Bertz CT molecular complexity index is 965. The second kappa shape index (κ2) is 7.95. The minimum absolute atomic E-state index is 0.221. The molecule has 142 valence electrons. The zero-order valence-corrected chi connectivity index (χ0v) is 16.2. The maximum Gasteiger partial charge on any atom is 0.163 e. The molecule has 0 atom stereocenters. The van der Waals surface area contributed by atoms with Crippen molar-refractivity contribution >= 4 is 17.5 Å². The van der Waals surface area contributed by atoms with Crippen LogP contribution >= 0.6 is 0 Å². The summed E-state index contributed by atoms with van der Waals surface area (Å²) in [4.78, 5) is 21.5. The molecule has 2 heterocycles. The number of Topliss-reactive ketones (excluding diaryl/α,β-unsaturated/α-hetero) is 1. The van der Waals surface area contributed by atoms with Crippen molar-refractivity contribution in [3.8, 4) is 6.07 Å². The Balaban J connectivity index is 1.41. The molecule has 5 heteroatoms. The summed E-state index contributed by atoms with van der Waals surface area (Å²) in [6, 6.07) is 12.2. The van der Waals surface area contributed by atoms with Crippen LogP contribution in [-0.2, 0) is 17.8 Å². The average molecular weight is 372 g/mol. The zero-order chi connectivity index (χ0) is 19.5. The molecule has 1 fully saturated rings. The van der Waals surface area contributed by atoms with Gasteiger partial charge in [0.25, 0.3) is 0 Å². The number of benzene rings is 1. The summed E-state index contributed by atoms with van der Waals surface area (Å²) in [5.74, 6) is 0.221. The summed E-state index contributed by atoms with van der Waals surface area (Å²) in [7, 11) is 0. The number of fused-ring (bicyclic) bond motifs is 1. The molecule has 5 nitrogen and oxygen atoms in total. The summed E-state index contributed by atoms with van der Waals surface area (Å²) in [5.41, 5.74) is 5.78. The molecule has 0 spiro atoms. The quantitative estimate of drug-likeness (QED) is 0.825. The van der Waals surface area contributed by atoms with Crippen LogP contribution in [0.1, 0.15) is 35.7 Å². The average Bonchev–Trinajstić information content (AvgIpc) is 2.73. The van der Waals surface area contributed by atoms with Gasteiger partial charge in [-0.25, -0.2) is 0 Å². The van der Waals surface area contributed by atoms with Gasteiger partial charge in [0, 0.05) is 45.3 Å². The van der Waals surface area contributed by atoms with E-state index in [0.29, 0.717) is 6.42 Å². The van der Waals surface area contributed by atoms with Gasteiger partial charge in [-0.2, -0.15) is 5.26 Å². The van der Waals surface area contributed by atoms with Gasteiger partial charge >= 0.3 is 0 Å². The van der Waals surface area contributed by atoms with E-state index in [1.54, 1.807) is 0 Å². The largest absolute Gasteiger partial charge is 0.368 e. The summed E-state index contributed by atoms with van der Waals surface area (Å²) < 4.78 is 0. The maximum atomic E-state index is 12.2. The zero-order valence-electron chi connectivity index (χ0n) is 16.2. The van der Waals surface area contributed by atoms with Crippen molar-refractivity contribution in [3.63, 3.8) is 0 Å². The number of anilines is 1. The summed E-state index contributed by atoms with van der Waals surface area (Å²) >= 11 is 0. The number of para-hydroxylation sites is 1. The van der Waals surface area contributed by atoms with E-state index in [-0.39, 0.29) is 5.78 Å². The molecule has 1 aromatic heterocycles. The molecular formula is C23H24N4O. The number of nitriles is 1. The predicted octanol–water partition coefficient (Wildman–Crippen LogP) is 3.19. The third-order valence-corrected chi connectivity index (χ3v) is 5.60. The number of carbonyl (C=O) groups is 1. The lowest BCUT2D eigenvalue weighted by Crippen LogP contribution is -2.46. The van der Waals surface area contributed by atoms with Crippen LogP contribution in [0, 0.1) is 11.3 Å². The molecule has 2 aliphatic rings. The Labute approximate surface area is 165 Å². The highest BCUT2D eigenvalue weighted by Gasteiger charge is 2.21. The summed E-state index contributed by atoms with van der Waals surface area (Å²) in [6.45, 7) is 6.53. The number of nitrogens with zero attached hydrogens (tertiary/aromatic N) is 4. The van der Waals surface area contributed by atoms with Crippen molar-refractivity contribution < 1.29 is 4.79 Å². The molecule has 0 N–H and O–H groups in total. The number of hydrogen-bond donors (Lipinski definition) is 0. The van der Waals surface area contributed by atoms with Crippen LogP contribution in [0.25, 0.3) is 6.08 Å². The summed E-state index contributed by atoms with van der Waals surface area (Å²) in [5, 5.41) is 9.32. The standard InChI is InChI=1S/C23H24N4O/c1-2-18-12-21-20(13-23(18)28)11-17(15-25-21)16-26-7-9-27(10-8-26)22-6-4-3-5-19(22)14-24/h3-6,11-12,15H,2,7-10,13,16H2,1H3. The van der Waals surface area contributed by atoms with Crippen LogP contribution in [0.15, 0.2) is 42.1 Å². The first-order chi connectivity index (χ1) is 13.7. The van der Waals surface area contributed by atoms with Crippen LogP contribution in [0.3, 0.4) is 0 Å². The van der Waals surface area contributed by atoms with E-state index in [0.717, 1.165) is 72.8 Å². The van der Waals surface area contributed by atoms with E-state index in [1.807, 2.05) is 43.5 Å². The normalized spacial score (nSPS) is 17.1. The summed E-state index contributed by atoms with van der Waals surface area (Å²) in [6.07, 6.45) is 5.11. The highest BCUT2D eigenvalue weighted by atomic mass is 16.1. The smallest absolute Gasteiger partial charge is 0.163 e. The van der Waals surface area contributed by atoms with Crippen LogP contribution < -0.4 is 4.90 Å². The van der Waals surface area contributed by atoms with E-state index < -0.39 is 0 Å². The Morgan fingerprint density at radius 2 is 1.96 bits per heavy atom. The van der Waals surface area contributed by atoms with Gasteiger partial charge in [0.2, 0.25) is 0 Å². The molecule has 1 aliphatic heterocycles. The second-order valence-corrected chi connectivity index (χ2v) is 7.40. The van der Waals surface area contributed by atoms with Gasteiger partial charge in [0.1, 0.15) is 6.07 Å². The lowest BCUT2D eigenvalue weighted by molar-refractivity contribution is -0.115. The van der Waals surface area contributed by atoms with Gasteiger partial charge in [-0.1, -0.05) is 25.1 Å². The molecule has 0 bridgehead atoms. The Morgan fingerprint density at radius 1 is 1.18 bits per heavy atom. The van der Waals surface area contributed by atoms with E-state index >= 15 is 0 Å². The number of hydrogen-bond acceptors (Lipinski definition) is 5. The molecule has 0 amide bonds. The van der Waals surface area contributed by atoms with Gasteiger partial charge in [-0.3, -0.25) is 14.7 Å². The van der Waals surface area contributed by atoms with Gasteiger partial charge in [0.05, 0.1) is 16.9 Å². The van der Waals surface area contributed by atoms with Crippen molar-refractivity contribution in [2.75, 3.05) is 31.1 Å².